The van der Waals surface area contributed by atoms with Crippen LogP contribution in [0.15, 0.2) is 0 Å². The van der Waals surface area contributed by atoms with E-state index in [1.54, 1.807) is 0 Å². The number of nitrogens with one attached hydrogen (secondary N) is 1. The van der Waals surface area contributed by atoms with Gasteiger partial charge in [-0.3, -0.25) is 0 Å². The van der Waals surface area contributed by atoms with Crippen LogP contribution in [0.3, 0.4) is 0 Å². The third-order valence-corrected chi connectivity index (χ3v) is 3.33. The van der Waals surface area contributed by atoms with Gasteiger partial charge in [0.2, 0.25) is 5.88 Å². The van der Waals surface area contributed by atoms with Crippen LogP contribution in [0, 0.1) is 13.8 Å². The Kier molecular flexibility index (Phi) is 5.11. The number of hydrogen-bond donors (Lipinski definition) is 1. The van der Waals surface area contributed by atoms with Crippen molar-refractivity contribution in [3.05, 3.63) is 11.4 Å². The average Bonchev–Trinajstić information content (AvgIpc) is 2.31. The van der Waals surface area contributed by atoms with Crippen molar-refractivity contribution < 1.29 is 4.74 Å². The number of anilines is 1. The van der Waals surface area contributed by atoms with Gasteiger partial charge in [-0.25, -0.2) is 4.98 Å². The highest BCUT2D eigenvalue weighted by Gasteiger charge is 2.22. The zero-order chi connectivity index (χ0) is 14.6. The quantitative estimate of drug-likeness (QED) is 0.856. The van der Waals surface area contributed by atoms with Crippen LogP contribution in [0.5, 0.6) is 5.88 Å². The average molecular weight is 266 g/mol. The Hall–Kier alpha value is -1.36. The smallest absolute Gasteiger partial charge is 0.221 e. The summed E-state index contributed by atoms with van der Waals surface area (Å²) in [6.07, 6.45) is 0. The molecule has 1 N–H and O–H groups in total. The van der Waals surface area contributed by atoms with Crippen LogP contribution in [0.4, 0.5) is 5.82 Å². The molecule has 0 amide bonds. The van der Waals surface area contributed by atoms with Gasteiger partial charge in [0.25, 0.3) is 0 Å². The van der Waals surface area contributed by atoms with Gasteiger partial charge in [0.15, 0.2) is 0 Å². The van der Waals surface area contributed by atoms with E-state index in [1.165, 1.54) is 0 Å². The number of ether oxygens (including phenoxy) is 1. The molecule has 5 nitrogen and oxygen atoms in total. The zero-order valence-corrected chi connectivity index (χ0v) is 13.2. The molecule has 108 valence electrons. The molecule has 0 aromatic carbocycles. The number of aromatic nitrogens is 2. The molecule has 1 aromatic heterocycles. The first-order valence-corrected chi connectivity index (χ1v) is 6.67. The van der Waals surface area contributed by atoms with E-state index in [0.29, 0.717) is 12.5 Å². The Bertz CT molecular complexity index is 430. The molecule has 1 aromatic rings. The Morgan fingerprint density at radius 3 is 2.37 bits per heavy atom. The fraction of sp³-hybridized carbons (Fsp3) is 0.714. The molecule has 0 spiro atoms. The maximum absolute atomic E-state index is 5.90. The highest BCUT2D eigenvalue weighted by molar-refractivity contribution is 5.48. The molecular weight excluding hydrogens is 240 g/mol. The molecular formula is C14H26N4O. The standard InChI is InChI=1S/C14H26N4O/c1-8-15-12-10(2)13(17-11(3)16-12)19-9-14(4,5)18(6)7/h8-9H2,1-7H3,(H,15,16,17). The summed E-state index contributed by atoms with van der Waals surface area (Å²) in [6, 6.07) is 0. The van der Waals surface area contributed by atoms with Crippen LogP contribution in [0.25, 0.3) is 0 Å². The lowest BCUT2D eigenvalue weighted by atomic mass is 10.1. The second-order valence-corrected chi connectivity index (χ2v) is 5.58. The highest BCUT2D eigenvalue weighted by Crippen LogP contribution is 2.23. The normalized spacial score (nSPS) is 11.8. The summed E-state index contributed by atoms with van der Waals surface area (Å²) in [5.74, 6) is 2.24. The van der Waals surface area contributed by atoms with Gasteiger partial charge in [-0.2, -0.15) is 4.98 Å². The zero-order valence-electron chi connectivity index (χ0n) is 13.2. The van der Waals surface area contributed by atoms with Crippen LogP contribution < -0.4 is 10.1 Å². The van der Waals surface area contributed by atoms with Gasteiger partial charge >= 0.3 is 0 Å². The second-order valence-electron chi connectivity index (χ2n) is 5.58. The van der Waals surface area contributed by atoms with Gasteiger partial charge in [0.1, 0.15) is 18.2 Å². The maximum Gasteiger partial charge on any atom is 0.221 e. The second kappa shape index (κ2) is 6.19. The van der Waals surface area contributed by atoms with Gasteiger partial charge in [-0.05, 0) is 48.7 Å². The van der Waals surface area contributed by atoms with Crippen molar-refractivity contribution in [2.75, 3.05) is 32.6 Å². The van der Waals surface area contributed by atoms with Crippen LogP contribution >= 0.6 is 0 Å². The van der Waals surface area contributed by atoms with E-state index < -0.39 is 0 Å². The Labute approximate surface area is 116 Å². The van der Waals surface area contributed by atoms with Crippen molar-refractivity contribution in [1.82, 2.24) is 14.9 Å². The van der Waals surface area contributed by atoms with E-state index in [2.05, 4.69) is 34.0 Å². The molecule has 5 heteroatoms. The summed E-state index contributed by atoms with van der Waals surface area (Å²) in [6.45, 7) is 11.6. The number of aryl methyl sites for hydroxylation is 1. The first-order chi connectivity index (χ1) is 8.77. The Morgan fingerprint density at radius 2 is 1.84 bits per heavy atom. The minimum atomic E-state index is -0.0381. The lowest BCUT2D eigenvalue weighted by molar-refractivity contribution is 0.110. The molecule has 0 unspecified atom stereocenters. The number of hydrogen-bond acceptors (Lipinski definition) is 5. The van der Waals surface area contributed by atoms with Gasteiger partial charge in [-0.15, -0.1) is 0 Å². The Balaban J connectivity index is 2.89. The summed E-state index contributed by atoms with van der Waals surface area (Å²) in [4.78, 5) is 10.9. The summed E-state index contributed by atoms with van der Waals surface area (Å²) in [7, 11) is 4.09. The Morgan fingerprint density at radius 1 is 1.21 bits per heavy atom. The van der Waals surface area contributed by atoms with Crippen LogP contribution in [0.2, 0.25) is 0 Å². The number of rotatable bonds is 6. The van der Waals surface area contributed by atoms with Crippen molar-refractivity contribution in [1.29, 1.82) is 0 Å². The predicted molar refractivity (Wildman–Crippen MR) is 78.9 cm³/mol. The van der Waals surface area contributed by atoms with E-state index in [-0.39, 0.29) is 5.54 Å². The summed E-state index contributed by atoms with van der Waals surface area (Å²) < 4.78 is 5.90. The molecule has 0 radical (unpaired) electrons. The topological polar surface area (TPSA) is 50.3 Å². The summed E-state index contributed by atoms with van der Waals surface area (Å²) in [5, 5.41) is 3.24. The molecule has 0 fully saturated rings. The van der Waals surface area contributed by atoms with Gasteiger partial charge in [0, 0.05) is 12.1 Å². The molecule has 0 atom stereocenters. The molecule has 19 heavy (non-hydrogen) atoms. The minimum absolute atomic E-state index is 0.0381. The van der Waals surface area contributed by atoms with E-state index >= 15 is 0 Å². The minimum Gasteiger partial charge on any atom is -0.475 e. The lowest BCUT2D eigenvalue weighted by Gasteiger charge is -2.32. The van der Waals surface area contributed by atoms with E-state index in [4.69, 9.17) is 4.74 Å². The van der Waals surface area contributed by atoms with Crippen molar-refractivity contribution in [3.8, 4) is 5.88 Å². The van der Waals surface area contributed by atoms with Gasteiger partial charge in [0.05, 0.1) is 5.56 Å². The molecule has 1 rings (SSSR count). The van der Waals surface area contributed by atoms with E-state index in [9.17, 15) is 0 Å². The van der Waals surface area contributed by atoms with Crippen molar-refractivity contribution in [3.63, 3.8) is 0 Å². The van der Waals surface area contributed by atoms with Crippen molar-refractivity contribution >= 4 is 5.82 Å². The SMILES string of the molecule is CCNc1nc(C)nc(OCC(C)(C)N(C)C)c1C. The molecule has 0 bridgehead atoms. The third kappa shape index (κ3) is 4.06. The number of likely N-dealkylation sites (N-methyl/N-ethyl adjacent to an activating group) is 1. The van der Waals surface area contributed by atoms with Crippen molar-refractivity contribution in [2.45, 2.75) is 40.2 Å². The summed E-state index contributed by atoms with van der Waals surface area (Å²) in [5.41, 5.74) is 0.922. The highest BCUT2D eigenvalue weighted by atomic mass is 16.5. The molecule has 0 aliphatic carbocycles. The lowest BCUT2D eigenvalue weighted by Crippen LogP contribution is -2.43. The monoisotopic (exact) mass is 266 g/mol. The molecule has 0 saturated carbocycles. The predicted octanol–water partition coefficient (Wildman–Crippen LogP) is 2.24. The fourth-order valence-corrected chi connectivity index (χ4v) is 1.46. The molecule has 0 aliphatic heterocycles. The molecule has 0 saturated heterocycles. The third-order valence-electron chi connectivity index (χ3n) is 3.33. The van der Waals surface area contributed by atoms with E-state index in [0.717, 1.165) is 23.8 Å². The largest absolute Gasteiger partial charge is 0.475 e. The number of nitrogens with zero attached hydrogens (tertiary/aromatic N) is 3. The first kappa shape index (κ1) is 15.7. The fourth-order valence-electron chi connectivity index (χ4n) is 1.46. The van der Waals surface area contributed by atoms with Crippen molar-refractivity contribution in [2.24, 2.45) is 0 Å². The molecule has 1 heterocycles. The maximum atomic E-state index is 5.90. The summed E-state index contributed by atoms with van der Waals surface area (Å²) >= 11 is 0. The first-order valence-electron chi connectivity index (χ1n) is 6.67. The van der Waals surface area contributed by atoms with Crippen LogP contribution in [0.1, 0.15) is 32.2 Å². The van der Waals surface area contributed by atoms with E-state index in [1.807, 2.05) is 34.9 Å². The van der Waals surface area contributed by atoms with Gasteiger partial charge in [-0.1, -0.05) is 0 Å². The van der Waals surface area contributed by atoms with Crippen LogP contribution in [-0.2, 0) is 0 Å². The molecule has 0 aliphatic rings. The van der Waals surface area contributed by atoms with Gasteiger partial charge < -0.3 is 15.0 Å². The van der Waals surface area contributed by atoms with Crippen LogP contribution in [-0.4, -0.2) is 47.7 Å².